The summed E-state index contributed by atoms with van der Waals surface area (Å²) in [6.07, 6.45) is 0.523. The number of ether oxygens (including phenoxy) is 3. The second-order valence-electron chi connectivity index (χ2n) is 9.43. The first-order chi connectivity index (χ1) is 15.0. The molecule has 0 bridgehead atoms. The summed E-state index contributed by atoms with van der Waals surface area (Å²) in [6.45, 7) is 9.61. The van der Waals surface area contributed by atoms with Crippen LogP contribution in [0.1, 0.15) is 33.3 Å². The van der Waals surface area contributed by atoms with Crippen molar-refractivity contribution in [2.75, 3.05) is 45.9 Å². The molecule has 0 N–H and O–H groups in total. The molecule has 0 radical (unpaired) electrons. The van der Waals surface area contributed by atoms with Gasteiger partial charge >= 0.3 is 0 Å². The van der Waals surface area contributed by atoms with Crippen molar-refractivity contribution in [1.29, 1.82) is 0 Å². The molecule has 9 nitrogen and oxygen atoms in total. The molecule has 1 aromatic carbocycles. The summed E-state index contributed by atoms with van der Waals surface area (Å²) < 4.78 is 46.5. The predicted molar refractivity (Wildman–Crippen MR) is 119 cm³/mol. The molecule has 3 heterocycles. The smallest absolute Gasteiger partial charge is 0.282 e. The van der Waals surface area contributed by atoms with Crippen LogP contribution in [0, 0.1) is 0 Å². The molecule has 2 atom stereocenters. The van der Waals surface area contributed by atoms with Crippen molar-refractivity contribution in [3.8, 4) is 11.5 Å². The molecule has 0 spiro atoms. The van der Waals surface area contributed by atoms with Gasteiger partial charge in [-0.25, -0.2) is 0 Å². The number of carbonyl (C=O) groups is 1. The number of fused-ring (bicyclic) bond motifs is 1. The molecule has 4 rings (SSSR count). The maximum atomic E-state index is 13.0. The summed E-state index contributed by atoms with van der Waals surface area (Å²) in [5, 5.41) is 0. The van der Waals surface area contributed by atoms with Crippen LogP contribution in [0.2, 0.25) is 0 Å². The van der Waals surface area contributed by atoms with Gasteiger partial charge in [0.2, 0.25) is 0 Å². The summed E-state index contributed by atoms with van der Waals surface area (Å²) in [7, 11) is -3.57. The highest BCUT2D eigenvalue weighted by molar-refractivity contribution is 7.86. The fraction of sp³-hybridized carbons (Fsp3) is 0.682. The van der Waals surface area contributed by atoms with Crippen molar-refractivity contribution < 1.29 is 27.4 Å². The predicted octanol–water partition coefficient (Wildman–Crippen LogP) is 1.28. The molecule has 2 fully saturated rings. The largest absolute Gasteiger partial charge is 0.483 e. The Labute approximate surface area is 190 Å². The van der Waals surface area contributed by atoms with E-state index in [4.69, 9.17) is 14.2 Å². The van der Waals surface area contributed by atoms with E-state index in [0.717, 1.165) is 12.0 Å². The van der Waals surface area contributed by atoms with Gasteiger partial charge in [0.1, 0.15) is 5.60 Å². The molecule has 1 aromatic rings. The highest BCUT2D eigenvalue weighted by Crippen LogP contribution is 2.41. The topological polar surface area (TPSA) is 88.6 Å². The molecular weight excluding hydrogens is 434 g/mol. The van der Waals surface area contributed by atoms with E-state index in [2.05, 4.69) is 0 Å². The Kier molecular flexibility index (Phi) is 6.41. The van der Waals surface area contributed by atoms with Crippen LogP contribution in [0.15, 0.2) is 18.2 Å². The lowest BCUT2D eigenvalue weighted by Crippen LogP contribution is -2.58. The Morgan fingerprint density at radius 2 is 1.75 bits per heavy atom. The fourth-order valence-electron chi connectivity index (χ4n) is 4.58. The van der Waals surface area contributed by atoms with Gasteiger partial charge in [-0.3, -0.25) is 4.79 Å². The van der Waals surface area contributed by atoms with Crippen LogP contribution in [0.5, 0.6) is 11.5 Å². The molecule has 32 heavy (non-hydrogen) atoms. The van der Waals surface area contributed by atoms with Crippen LogP contribution in [0.3, 0.4) is 0 Å². The van der Waals surface area contributed by atoms with Gasteiger partial charge in [0.15, 0.2) is 18.1 Å². The van der Waals surface area contributed by atoms with Crippen molar-refractivity contribution in [2.45, 2.75) is 51.9 Å². The third-order valence-corrected chi connectivity index (χ3v) is 8.00. The zero-order chi connectivity index (χ0) is 23.1. The minimum atomic E-state index is -3.57. The Morgan fingerprint density at radius 1 is 1.09 bits per heavy atom. The van der Waals surface area contributed by atoms with Crippen molar-refractivity contribution in [3.05, 3.63) is 23.8 Å². The summed E-state index contributed by atoms with van der Waals surface area (Å²) in [5.41, 5.74) is 0.787. The van der Waals surface area contributed by atoms with Crippen molar-refractivity contribution in [1.82, 2.24) is 13.5 Å². The van der Waals surface area contributed by atoms with Crippen molar-refractivity contribution >= 4 is 16.1 Å². The van der Waals surface area contributed by atoms with E-state index in [1.165, 1.54) is 8.61 Å². The van der Waals surface area contributed by atoms with Crippen LogP contribution in [0.4, 0.5) is 0 Å². The molecule has 0 aliphatic carbocycles. The second-order valence-corrected chi connectivity index (χ2v) is 11.4. The quantitative estimate of drug-likeness (QED) is 0.648. The van der Waals surface area contributed by atoms with E-state index >= 15 is 0 Å². The maximum Gasteiger partial charge on any atom is 0.282 e. The molecule has 10 heteroatoms. The monoisotopic (exact) mass is 467 g/mol. The average molecular weight is 468 g/mol. The average Bonchev–Trinajstić information content (AvgIpc) is 3.05. The highest BCUT2D eigenvalue weighted by atomic mass is 32.2. The van der Waals surface area contributed by atoms with Crippen molar-refractivity contribution in [2.24, 2.45) is 0 Å². The molecule has 0 aromatic heterocycles. The second kappa shape index (κ2) is 8.81. The lowest BCUT2D eigenvalue weighted by atomic mass is 10.0. The number of hydrogen-bond donors (Lipinski definition) is 0. The van der Waals surface area contributed by atoms with Gasteiger partial charge in [-0.15, -0.1) is 0 Å². The van der Waals surface area contributed by atoms with Crippen molar-refractivity contribution in [3.63, 3.8) is 0 Å². The lowest BCUT2D eigenvalue weighted by Gasteiger charge is -2.40. The Morgan fingerprint density at radius 3 is 2.41 bits per heavy atom. The van der Waals surface area contributed by atoms with E-state index in [9.17, 15) is 13.2 Å². The molecule has 2 unspecified atom stereocenters. The zero-order valence-electron chi connectivity index (χ0n) is 19.2. The van der Waals surface area contributed by atoms with Gasteiger partial charge in [-0.05, 0) is 33.8 Å². The number of benzene rings is 1. The highest BCUT2D eigenvalue weighted by Gasteiger charge is 2.37. The van der Waals surface area contributed by atoms with E-state index in [1.54, 1.807) is 4.90 Å². The van der Waals surface area contributed by atoms with Crippen LogP contribution in [0.25, 0.3) is 0 Å². The van der Waals surface area contributed by atoms with Gasteiger partial charge in [0, 0.05) is 51.3 Å². The number of piperazine rings is 1. The summed E-state index contributed by atoms with van der Waals surface area (Å²) in [4.78, 5) is 14.4. The number of nitrogens with zero attached hydrogens (tertiary/aromatic N) is 3. The summed E-state index contributed by atoms with van der Waals surface area (Å²) >= 11 is 0. The van der Waals surface area contributed by atoms with Crippen LogP contribution >= 0.6 is 0 Å². The first-order valence-corrected chi connectivity index (χ1v) is 12.6. The van der Waals surface area contributed by atoms with Gasteiger partial charge in [-0.2, -0.15) is 17.0 Å². The number of hydrogen-bond acceptors (Lipinski definition) is 6. The molecule has 2 saturated heterocycles. The number of amides is 1. The molecular formula is C22H33N3O6S. The molecule has 1 amide bonds. The molecule has 178 valence electrons. The number of carbonyl (C=O) groups excluding carboxylic acids is 1. The summed E-state index contributed by atoms with van der Waals surface area (Å²) in [5.74, 6) is 1.11. The lowest BCUT2D eigenvalue weighted by molar-refractivity contribution is -0.134. The van der Waals surface area contributed by atoms with Crippen LogP contribution in [-0.4, -0.2) is 91.5 Å². The standard InChI is InChI=1S/C22H33N3O6S/c1-16-13-25(14-17(2)30-16)32(27,28)24-10-8-23(9-11-24)20(26)15-29-19-7-5-6-18-12-22(3,4)31-21(18)19/h5-7,16-17H,8-15H2,1-4H3. The van der Waals surface area contributed by atoms with Crippen LogP contribution in [-0.2, 0) is 26.2 Å². The van der Waals surface area contributed by atoms with Gasteiger partial charge in [-0.1, -0.05) is 12.1 Å². The number of morpholine rings is 1. The number of para-hydroxylation sites is 1. The molecule has 3 aliphatic rings. The Balaban J connectivity index is 1.31. The van der Waals surface area contributed by atoms with Crippen LogP contribution < -0.4 is 9.47 Å². The zero-order valence-corrected chi connectivity index (χ0v) is 20.1. The molecule has 3 aliphatic heterocycles. The Bertz CT molecular complexity index is 948. The first kappa shape index (κ1) is 23.3. The Hall–Kier alpha value is -1.88. The number of rotatable bonds is 5. The normalized spacial score (nSPS) is 26.4. The SMILES string of the molecule is CC1CN(S(=O)(=O)N2CCN(C(=O)COc3cccc4c3OC(C)(C)C4)CC2)CC(C)O1. The minimum absolute atomic E-state index is 0.106. The van der Waals surface area contributed by atoms with Gasteiger partial charge in [0.05, 0.1) is 12.2 Å². The van der Waals surface area contributed by atoms with E-state index in [-0.39, 0.29) is 43.4 Å². The minimum Gasteiger partial charge on any atom is -0.483 e. The third-order valence-electron chi connectivity index (χ3n) is 6.04. The van der Waals surface area contributed by atoms with E-state index < -0.39 is 10.2 Å². The summed E-state index contributed by atoms with van der Waals surface area (Å²) in [6, 6.07) is 5.72. The van der Waals surface area contributed by atoms with E-state index in [0.29, 0.717) is 37.7 Å². The van der Waals surface area contributed by atoms with E-state index in [1.807, 2.05) is 45.9 Å². The fourth-order valence-corrected chi connectivity index (χ4v) is 6.33. The maximum absolute atomic E-state index is 13.0. The third kappa shape index (κ3) is 4.88. The first-order valence-electron chi connectivity index (χ1n) is 11.2. The van der Waals surface area contributed by atoms with Gasteiger partial charge < -0.3 is 19.1 Å². The molecule has 0 saturated carbocycles. The van der Waals surface area contributed by atoms with Gasteiger partial charge in [0.25, 0.3) is 16.1 Å².